The van der Waals surface area contributed by atoms with Gasteiger partial charge in [-0.25, -0.2) is 4.99 Å². The van der Waals surface area contributed by atoms with E-state index in [0.717, 1.165) is 48.1 Å². The normalized spacial score (nSPS) is 11.7. The molecule has 0 aliphatic carbocycles. The summed E-state index contributed by atoms with van der Waals surface area (Å²) in [6.07, 6.45) is 4.33. The van der Waals surface area contributed by atoms with Gasteiger partial charge < -0.3 is 20.3 Å². The second-order valence-electron chi connectivity index (χ2n) is 9.71. The van der Waals surface area contributed by atoms with Crippen molar-refractivity contribution in [3.63, 3.8) is 0 Å². The van der Waals surface area contributed by atoms with Crippen LogP contribution in [0.1, 0.15) is 66.6 Å². The van der Waals surface area contributed by atoms with Gasteiger partial charge in [0, 0.05) is 42.2 Å². The second-order valence-corrected chi connectivity index (χ2v) is 9.71. The van der Waals surface area contributed by atoms with Gasteiger partial charge in [0.1, 0.15) is 0 Å². The number of carbonyl (C=O) groups excluding carboxylic acids is 1. The van der Waals surface area contributed by atoms with Crippen molar-refractivity contribution in [3.8, 4) is 5.88 Å². The van der Waals surface area contributed by atoms with Gasteiger partial charge >= 0.3 is 0 Å². The summed E-state index contributed by atoms with van der Waals surface area (Å²) in [6, 6.07) is 23.5. The molecule has 0 aliphatic heterocycles. The summed E-state index contributed by atoms with van der Waals surface area (Å²) in [6.45, 7) is 6.84. The van der Waals surface area contributed by atoms with Crippen LogP contribution in [0.25, 0.3) is 10.9 Å². The van der Waals surface area contributed by atoms with Crippen molar-refractivity contribution in [2.75, 3.05) is 20.1 Å². The highest BCUT2D eigenvalue weighted by Gasteiger charge is 2.21. The van der Waals surface area contributed by atoms with E-state index in [0.29, 0.717) is 23.4 Å². The van der Waals surface area contributed by atoms with E-state index in [4.69, 9.17) is 4.99 Å². The lowest BCUT2D eigenvalue weighted by atomic mass is 9.99. The maximum atomic E-state index is 13.1. The average molecular weight is 511 g/mol. The summed E-state index contributed by atoms with van der Waals surface area (Å²) < 4.78 is 0. The zero-order chi connectivity index (χ0) is 26.9. The number of nitrogens with one attached hydrogen (secondary N) is 2. The van der Waals surface area contributed by atoms with Crippen molar-refractivity contribution in [2.45, 2.75) is 46.1 Å². The van der Waals surface area contributed by atoms with Crippen molar-refractivity contribution in [2.24, 2.45) is 4.99 Å². The number of nitrogens with zero attached hydrogens (tertiary/aromatic N) is 2. The molecule has 0 saturated carbocycles. The molecule has 0 unspecified atom stereocenters. The largest absolute Gasteiger partial charge is 0.494 e. The van der Waals surface area contributed by atoms with Crippen molar-refractivity contribution >= 4 is 28.2 Å². The van der Waals surface area contributed by atoms with Crippen LogP contribution in [0.15, 0.2) is 77.8 Å². The molecule has 3 aromatic carbocycles. The highest BCUT2D eigenvalue weighted by molar-refractivity contribution is 6.22. The molecular formula is C32H38N4O2. The predicted octanol–water partition coefficient (Wildman–Crippen LogP) is 6.80. The van der Waals surface area contributed by atoms with E-state index in [-0.39, 0.29) is 11.8 Å². The summed E-state index contributed by atoms with van der Waals surface area (Å²) >= 11 is 0. The first-order valence-corrected chi connectivity index (χ1v) is 13.6. The van der Waals surface area contributed by atoms with Gasteiger partial charge in [-0.2, -0.15) is 0 Å². The van der Waals surface area contributed by atoms with Crippen molar-refractivity contribution in [1.29, 1.82) is 0 Å². The number of aromatic nitrogens is 1. The number of amides is 1. The van der Waals surface area contributed by atoms with Crippen LogP contribution >= 0.6 is 0 Å². The van der Waals surface area contributed by atoms with E-state index in [1.54, 1.807) is 11.0 Å². The second kappa shape index (κ2) is 13.1. The molecule has 0 aliphatic rings. The minimum absolute atomic E-state index is 0.0308. The maximum Gasteiger partial charge on any atom is 0.253 e. The Morgan fingerprint density at radius 1 is 0.947 bits per heavy atom. The number of hydrogen-bond acceptors (Lipinski definition) is 4. The number of aromatic amines is 1. The molecule has 1 amide bonds. The number of fused-ring (bicyclic) bond motifs is 1. The Balaban J connectivity index is 1.73. The molecule has 0 saturated heterocycles. The highest BCUT2D eigenvalue weighted by Crippen LogP contribution is 2.32. The molecule has 6 nitrogen and oxygen atoms in total. The van der Waals surface area contributed by atoms with Gasteiger partial charge in [0.2, 0.25) is 0 Å². The van der Waals surface area contributed by atoms with Crippen LogP contribution in [0, 0.1) is 0 Å². The number of rotatable bonds is 12. The van der Waals surface area contributed by atoms with E-state index in [9.17, 15) is 9.90 Å². The predicted molar refractivity (Wildman–Crippen MR) is 157 cm³/mol. The number of H-pyrrole nitrogens is 1. The van der Waals surface area contributed by atoms with Crippen LogP contribution in [0.3, 0.4) is 0 Å². The number of aromatic hydroxyl groups is 1. The quantitative estimate of drug-likeness (QED) is 0.145. The van der Waals surface area contributed by atoms with Crippen molar-refractivity contribution in [1.82, 2.24) is 15.2 Å². The smallest absolute Gasteiger partial charge is 0.253 e. The van der Waals surface area contributed by atoms with Gasteiger partial charge in [0.05, 0.1) is 17.0 Å². The van der Waals surface area contributed by atoms with E-state index in [1.807, 2.05) is 61.6 Å². The molecule has 4 aromatic rings. The Labute approximate surface area is 225 Å². The molecule has 3 N–H and O–H groups in total. The number of carbonyl (C=O) groups is 1. The van der Waals surface area contributed by atoms with Crippen molar-refractivity contribution < 1.29 is 9.90 Å². The third-order valence-electron chi connectivity index (χ3n) is 6.72. The molecule has 0 atom stereocenters. The van der Waals surface area contributed by atoms with E-state index in [1.165, 1.54) is 18.4 Å². The summed E-state index contributed by atoms with van der Waals surface area (Å²) in [7, 11) is 1.83. The fourth-order valence-electron chi connectivity index (χ4n) is 4.48. The Bertz CT molecular complexity index is 1370. The Hall–Kier alpha value is -3.90. The monoisotopic (exact) mass is 510 g/mol. The summed E-state index contributed by atoms with van der Waals surface area (Å²) in [5, 5.41) is 15.3. The molecule has 6 heteroatoms. The number of hydrogen-bond donors (Lipinski definition) is 3. The minimum Gasteiger partial charge on any atom is -0.494 e. The fraction of sp³-hybridized carbons (Fsp3) is 0.312. The maximum absolute atomic E-state index is 13.1. The Morgan fingerprint density at radius 3 is 2.39 bits per heavy atom. The molecule has 0 bridgehead atoms. The van der Waals surface area contributed by atoms with Crippen LogP contribution in [0.4, 0.5) is 5.69 Å². The van der Waals surface area contributed by atoms with Crippen LogP contribution in [-0.2, 0) is 6.54 Å². The summed E-state index contributed by atoms with van der Waals surface area (Å²) in [5.41, 5.74) is 5.44. The first-order valence-electron chi connectivity index (χ1n) is 13.6. The lowest BCUT2D eigenvalue weighted by Gasteiger charge is -2.17. The molecule has 1 heterocycles. The van der Waals surface area contributed by atoms with Gasteiger partial charge in [-0.15, -0.1) is 0 Å². The number of benzene rings is 3. The topological polar surface area (TPSA) is 80.7 Å². The molecular weight excluding hydrogens is 472 g/mol. The summed E-state index contributed by atoms with van der Waals surface area (Å²) in [4.78, 5) is 22.9. The molecule has 198 valence electrons. The molecule has 0 radical (unpaired) electrons. The molecule has 0 spiro atoms. The Morgan fingerprint density at radius 2 is 1.68 bits per heavy atom. The lowest BCUT2D eigenvalue weighted by Crippen LogP contribution is -2.27. The van der Waals surface area contributed by atoms with Gasteiger partial charge in [-0.3, -0.25) is 4.79 Å². The lowest BCUT2D eigenvalue weighted by molar-refractivity contribution is 0.0793. The van der Waals surface area contributed by atoms with Gasteiger partial charge in [-0.1, -0.05) is 69.2 Å². The van der Waals surface area contributed by atoms with Gasteiger partial charge in [-0.05, 0) is 55.3 Å². The molecule has 0 fully saturated rings. The van der Waals surface area contributed by atoms with Crippen LogP contribution in [-0.4, -0.2) is 46.7 Å². The van der Waals surface area contributed by atoms with Gasteiger partial charge in [0.15, 0.2) is 5.88 Å². The third-order valence-corrected chi connectivity index (χ3v) is 6.72. The average Bonchev–Trinajstić information content (AvgIpc) is 3.28. The highest BCUT2D eigenvalue weighted by atomic mass is 16.3. The zero-order valence-corrected chi connectivity index (χ0v) is 22.6. The molecule has 4 rings (SSSR count). The SMILES string of the molecule is CCCCNCc1ccc(N=C(c2ccccc2)c2c(O)[nH]c3ccc(C(=O)N(C)CCCC)cc23)cc1. The zero-order valence-electron chi connectivity index (χ0n) is 22.6. The number of unbranched alkanes of at least 4 members (excludes halogenated alkanes) is 2. The van der Waals surface area contributed by atoms with E-state index >= 15 is 0 Å². The van der Waals surface area contributed by atoms with E-state index < -0.39 is 0 Å². The van der Waals surface area contributed by atoms with Crippen LogP contribution < -0.4 is 5.32 Å². The fourth-order valence-corrected chi connectivity index (χ4v) is 4.48. The van der Waals surface area contributed by atoms with Crippen molar-refractivity contribution in [3.05, 3.63) is 95.1 Å². The minimum atomic E-state index is -0.0340. The van der Waals surface area contributed by atoms with Crippen LogP contribution in [0.5, 0.6) is 5.88 Å². The standard InChI is InChI=1S/C32H38N4O2/c1-4-6-19-33-22-23-13-16-26(17-14-23)34-30(24-11-9-8-10-12-24)29-27-21-25(15-18-28(27)35-31(29)37)32(38)36(3)20-7-5-2/h8-18,21,33,35,37H,4-7,19-20,22H2,1-3H3. The van der Waals surface area contributed by atoms with Gasteiger partial charge in [0.25, 0.3) is 5.91 Å². The first kappa shape index (κ1) is 27.1. The molecule has 1 aromatic heterocycles. The van der Waals surface area contributed by atoms with E-state index in [2.05, 4.69) is 36.3 Å². The molecule has 38 heavy (non-hydrogen) atoms. The number of aliphatic imine (C=N–C) groups is 1. The third kappa shape index (κ3) is 6.50. The Kier molecular flexibility index (Phi) is 9.33. The summed E-state index contributed by atoms with van der Waals surface area (Å²) in [5.74, 6) is -0.00314. The van der Waals surface area contributed by atoms with Crippen LogP contribution in [0.2, 0.25) is 0 Å². The first-order chi connectivity index (χ1) is 18.5.